The predicted molar refractivity (Wildman–Crippen MR) is 78.2 cm³/mol. The number of nitrogens with one attached hydrogen (secondary N) is 1. The molecule has 0 bridgehead atoms. The van der Waals surface area contributed by atoms with Gasteiger partial charge in [0, 0.05) is 16.2 Å². The largest absolute Gasteiger partial charge is 0.384 e. The van der Waals surface area contributed by atoms with Gasteiger partial charge >= 0.3 is 0 Å². The van der Waals surface area contributed by atoms with Gasteiger partial charge in [-0.2, -0.15) is 0 Å². The summed E-state index contributed by atoms with van der Waals surface area (Å²) in [6.07, 6.45) is 0. The van der Waals surface area contributed by atoms with Crippen LogP contribution >= 0.6 is 11.8 Å². The van der Waals surface area contributed by atoms with Gasteiger partial charge in [0.1, 0.15) is 5.84 Å². The van der Waals surface area contributed by atoms with E-state index in [1.54, 1.807) is 11.8 Å². The van der Waals surface area contributed by atoms with Crippen LogP contribution in [0.4, 0.5) is 0 Å². The molecular weight excluding hydrogens is 240 g/mol. The van der Waals surface area contributed by atoms with Crippen molar-refractivity contribution in [3.8, 4) is 0 Å². The van der Waals surface area contributed by atoms with Crippen molar-refractivity contribution in [2.24, 2.45) is 5.73 Å². The van der Waals surface area contributed by atoms with Gasteiger partial charge < -0.3 is 5.73 Å². The average molecular weight is 256 g/mol. The SMILES string of the molecule is Cc1ccccc1CSc1ccc(C(=N)N)cc1. The first-order valence-corrected chi connectivity index (χ1v) is 6.77. The van der Waals surface area contributed by atoms with Gasteiger partial charge in [-0.3, -0.25) is 5.41 Å². The molecule has 0 aromatic heterocycles. The van der Waals surface area contributed by atoms with E-state index in [1.165, 1.54) is 16.0 Å². The summed E-state index contributed by atoms with van der Waals surface area (Å²) in [5, 5.41) is 7.34. The highest BCUT2D eigenvalue weighted by Crippen LogP contribution is 2.24. The Kier molecular flexibility index (Phi) is 4.05. The summed E-state index contributed by atoms with van der Waals surface area (Å²) < 4.78 is 0. The van der Waals surface area contributed by atoms with Gasteiger partial charge in [-0.15, -0.1) is 11.8 Å². The van der Waals surface area contributed by atoms with Crippen LogP contribution < -0.4 is 5.73 Å². The fraction of sp³-hybridized carbons (Fsp3) is 0.133. The molecule has 3 heteroatoms. The normalized spacial score (nSPS) is 10.3. The van der Waals surface area contributed by atoms with Gasteiger partial charge in [-0.05, 0) is 30.2 Å². The quantitative estimate of drug-likeness (QED) is 0.499. The Balaban J connectivity index is 2.02. The van der Waals surface area contributed by atoms with Crippen molar-refractivity contribution >= 4 is 17.6 Å². The summed E-state index contributed by atoms with van der Waals surface area (Å²) in [5.41, 5.74) is 8.88. The maximum atomic E-state index is 7.34. The molecule has 92 valence electrons. The number of rotatable bonds is 4. The summed E-state index contributed by atoms with van der Waals surface area (Å²) in [5.74, 6) is 1.08. The van der Waals surface area contributed by atoms with E-state index in [2.05, 4.69) is 31.2 Å². The Labute approximate surface area is 112 Å². The van der Waals surface area contributed by atoms with Crippen molar-refractivity contribution in [1.82, 2.24) is 0 Å². The molecule has 0 aliphatic rings. The van der Waals surface area contributed by atoms with E-state index in [9.17, 15) is 0 Å². The molecular formula is C15H16N2S. The molecule has 2 aromatic rings. The number of nitrogen functional groups attached to an aromatic ring is 1. The highest BCUT2D eigenvalue weighted by Gasteiger charge is 2.00. The summed E-state index contributed by atoms with van der Waals surface area (Å²) in [7, 11) is 0. The molecule has 3 N–H and O–H groups in total. The highest BCUT2D eigenvalue weighted by atomic mass is 32.2. The van der Waals surface area contributed by atoms with Gasteiger partial charge in [0.25, 0.3) is 0 Å². The van der Waals surface area contributed by atoms with Crippen LogP contribution in [0, 0.1) is 12.3 Å². The molecule has 0 unspecified atom stereocenters. The van der Waals surface area contributed by atoms with E-state index in [-0.39, 0.29) is 5.84 Å². The smallest absolute Gasteiger partial charge is 0.122 e. The molecule has 0 aliphatic heterocycles. The molecule has 0 saturated carbocycles. The maximum Gasteiger partial charge on any atom is 0.122 e. The Morgan fingerprint density at radius 1 is 1.11 bits per heavy atom. The number of hydrogen-bond donors (Lipinski definition) is 2. The molecule has 2 rings (SSSR count). The predicted octanol–water partition coefficient (Wildman–Crippen LogP) is 3.57. The second-order valence-electron chi connectivity index (χ2n) is 4.15. The highest BCUT2D eigenvalue weighted by molar-refractivity contribution is 7.98. The summed E-state index contributed by atoms with van der Waals surface area (Å²) in [4.78, 5) is 1.20. The molecule has 0 heterocycles. The average Bonchev–Trinajstić information content (AvgIpc) is 2.38. The fourth-order valence-electron chi connectivity index (χ4n) is 1.66. The minimum Gasteiger partial charge on any atom is -0.384 e. The lowest BCUT2D eigenvalue weighted by Gasteiger charge is -2.06. The lowest BCUT2D eigenvalue weighted by Crippen LogP contribution is -2.10. The van der Waals surface area contributed by atoms with Crippen LogP contribution in [0.1, 0.15) is 16.7 Å². The van der Waals surface area contributed by atoms with Crippen LogP contribution in [0.25, 0.3) is 0 Å². The number of benzene rings is 2. The standard InChI is InChI=1S/C15H16N2S/c1-11-4-2-3-5-13(11)10-18-14-8-6-12(7-9-14)15(16)17/h2-9H,10H2,1H3,(H3,16,17). The molecule has 18 heavy (non-hydrogen) atoms. The summed E-state index contributed by atoms with van der Waals surface area (Å²) >= 11 is 1.80. The third-order valence-corrected chi connectivity index (χ3v) is 3.88. The van der Waals surface area contributed by atoms with Crippen LogP contribution in [-0.2, 0) is 5.75 Å². The number of nitrogens with two attached hydrogens (primary N) is 1. The fourth-order valence-corrected chi connectivity index (χ4v) is 2.64. The summed E-state index contributed by atoms with van der Waals surface area (Å²) in [6, 6.07) is 16.2. The molecule has 2 aromatic carbocycles. The zero-order valence-electron chi connectivity index (χ0n) is 10.3. The molecule has 0 radical (unpaired) electrons. The number of aryl methyl sites for hydroxylation is 1. The summed E-state index contributed by atoms with van der Waals surface area (Å²) in [6.45, 7) is 2.13. The second-order valence-corrected chi connectivity index (χ2v) is 5.20. The first kappa shape index (κ1) is 12.7. The van der Waals surface area contributed by atoms with E-state index in [1.807, 2.05) is 24.3 Å². The van der Waals surface area contributed by atoms with Crippen molar-refractivity contribution in [3.05, 3.63) is 65.2 Å². The third kappa shape index (κ3) is 3.14. The number of hydrogen-bond acceptors (Lipinski definition) is 2. The van der Waals surface area contributed by atoms with Crippen LogP contribution in [0.3, 0.4) is 0 Å². The lowest BCUT2D eigenvalue weighted by molar-refractivity contribution is 1.30. The number of amidine groups is 1. The van der Waals surface area contributed by atoms with Crippen LogP contribution in [0.15, 0.2) is 53.4 Å². The van der Waals surface area contributed by atoms with Crippen LogP contribution in [-0.4, -0.2) is 5.84 Å². The first-order chi connectivity index (χ1) is 8.66. The Morgan fingerprint density at radius 2 is 1.78 bits per heavy atom. The molecule has 2 nitrogen and oxygen atoms in total. The van der Waals surface area contributed by atoms with Crippen molar-refractivity contribution in [2.75, 3.05) is 0 Å². The molecule has 0 fully saturated rings. The van der Waals surface area contributed by atoms with Gasteiger partial charge in [0.05, 0.1) is 0 Å². The molecule has 0 atom stereocenters. The van der Waals surface area contributed by atoms with Gasteiger partial charge in [0.2, 0.25) is 0 Å². The zero-order chi connectivity index (χ0) is 13.0. The molecule has 0 saturated heterocycles. The van der Waals surface area contributed by atoms with Gasteiger partial charge in [-0.1, -0.05) is 36.4 Å². The van der Waals surface area contributed by atoms with Crippen molar-refractivity contribution in [1.29, 1.82) is 5.41 Å². The van der Waals surface area contributed by atoms with E-state index in [4.69, 9.17) is 11.1 Å². The maximum absolute atomic E-state index is 7.34. The van der Waals surface area contributed by atoms with E-state index in [0.29, 0.717) is 0 Å². The number of thioether (sulfide) groups is 1. The second kappa shape index (κ2) is 5.74. The minimum absolute atomic E-state index is 0.116. The first-order valence-electron chi connectivity index (χ1n) is 5.78. The van der Waals surface area contributed by atoms with E-state index >= 15 is 0 Å². The monoisotopic (exact) mass is 256 g/mol. The Hall–Kier alpha value is -1.74. The van der Waals surface area contributed by atoms with Crippen molar-refractivity contribution in [2.45, 2.75) is 17.6 Å². The Morgan fingerprint density at radius 3 is 2.39 bits per heavy atom. The minimum atomic E-state index is 0.116. The van der Waals surface area contributed by atoms with Gasteiger partial charge in [-0.25, -0.2) is 0 Å². The molecule has 0 spiro atoms. The van der Waals surface area contributed by atoms with Crippen molar-refractivity contribution < 1.29 is 0 Å². The topological polar surface area (TPSA) is 49.9 Å². The van der Waals surface area contributed by atoms with Crippen molar-refractivity contribution in [3.63, 3.8) is 0 Å². The van der Waals surface area contributed by atoms with E-state index in [0.717, 1.165) is 11.3 Å². The van der Waals surface area contributed by atoms with E-state index < -0.39 is 0 Å². The zero-order valence-corrected chi connectivity index (χ0v) is 11.1. The Bertz CT molecular complexity index is 547. The van der Waals surface area contributed by atoms with Gasteiger partial charge in [0.15, 0.2) is 0 Å². The van der Waals surface area contributed by atoms with Crippen LogP contribution in [0.5, 0.6) is 0 Å². The molecule has 0 amide bonds. The third-order valence-electron chi connectivity index (χ3n) is 2.82. The lowest BCUT2D eigenvalue weighted by atomic mass is 10.1. The van der Waals surface area contributed by atoms with Crippen LogP contribution in [0.2, 0.25) is 0 Å². The molecule has 0 aliphatic carbocycles.